The third-order valence-corrected chi connectivity index (χ3v) is 4.87. The normalized spacial score (nSPS) is 19.0. The van der Waals surface area contributed by atoms with Gasteiger partial charge in [0, 0.05) is 19.0 Å². The molecule has 2 aromatic carbocycles. The van der Waals surface area contributed by atoms with Crippen molar-refractivity contribution in [3.8, 4) is 0 Å². The molecule has 122 valence electrons. The van der Waals surface area contributed by atoms with Crippen LogP contribution >= 0.6 is 0 Å². The zero-order chi connectivity index (χ0) is 16.5. The van der Waals surface area contributed by atoms with Gasteiger partial charge in [-0.3, -0.25) is 4.90 Å². The molecule has 0 spiro atoms. The predicted molar refractivity (Wildman–Crippen MR) is 92.6 cm³/mol. The fraction of sp³-hybridized carbons (Fsp3) is 0.300. The van der Waals surface area contributed by atoms with Gasteiger partial charge in [0.1, 0.15) is 0 Å². The van der Waals surface area contributed by atoms with Gasteiger partial charge in [0.15, 0.2) is 5.82 Å². The monoisotopic (exact) mass is 319 g/mol. The fourth-order valence-corrected chi connectivity index (χ4v) is 3.54. The highest BCUT2D eigenvalue weighted by atomic mass is 16.5. The van der Waals surface area contributed by atoms with Gasteiger partial charge < -0.3 is 4.52 Å². The molecule has 0 bridgehead atoms. The Bertz CT molecular complexity index is 828. The van der Waals surface area contributed by atoms with Gasteiger partial charge in [0.25, 0.3) is 0 Å². The van der Waals surface area contributed by atoms with Crippen LogP contribution in [0.1, 0.15) is 47.3 Å². The van der Waals surface area contributed by atoms with E-state index in [4.69, 9.17) is 4.52 Å². The van der Waals surface area contributed by atoms with Gasteiger partial charge in [-0.2, -0.15) is 4.98 Å². The van der Waals surface area contributed by atoms with Crippen LogP contribution in [0.4, 0.5) is 0 Å². The highest BCUT2D eigenvalue weighted by molar-refractivity contribution is 5.40. The van der Waals surface area contributed by atoms with E-state index >= 15 is 0 Å². The molecule has 0 saturated carbocycles. The first-order valence-corrected chi connectivity index (χ1v) is 8.39. The molecule has 4 heteroatoms. The molecule has 2 heterocycles. The highest BCUT2D eigenvalue weighted by Gasteiger charge is 2.31. The second-order valence-electron chi connectivity index (χ2n) is 6.45. The lowest BCUT2D eigenvalue weighted by molar-refractivity contribution is 0.150. The maximum atomic E-state index is 5.41. The first-order chi connectivity index (χ1) is 11.7. The summed E-state index contributed by atoms with van der Waals surface area (Å²) in [5.41, 5.74) is 4.15. The minimum Gasteiger partial charge on any atom is -0.338 e. The lowest BCUT2D eigenvalue weighted by Gasteiger charge is -2.37. The maximum absolute atomic E-state index is 5.41. The van der Waals surface area contributed by atoms with Crippen molar-refractivity contribution in [2.45, 2.75) is 32.4 Å². The molecule has 1 aliphatic rings. The molecule has 3 aromatic rings. The van der Waals surface area contributed by atoms with Gasteiger partial charge in [0.2, 0.25) is 5.89 Å². The number of fused-ring (bicyclic) bond motifs is 1. The molecule has 0 amide bonds. The Morgan fingerprint density at radius 1 is 1.08 bits per heavy atom. The SMILES string of the molecule is Cc1noc([C@H](C)N2Cc3ccccc3[C@H](c3ccccc3)C2)n1. The zero-order valence-corrected chi connectivity index (χ0v) is 14.0. The number of hydrogen-bond donors (Lipinski definition) is 0. The van der Waals surface area contributed by atoms with Crippen molar-refractivity contribution in [2.24, 2.45) is 0 Å². The molecule has 1 aliphatic heterocycles. The minimum absolute atomic E-state index is 0.103. The van der Waals surface area contributed by atoms with Crippen molar-refractivity contribution < 1.29 is 4.52 Å². The van der Waals surface area contributed by atoms with Gasteiger partial charge in [-0.25, -0.2) is 0 Å². The Morgan fingerprint density at radius 2 is 1.83 bits per heavy atom. The molecule has 0 unspecified atom stereocenters. The third-order valence-electron chi connectivity index (χ3n) is 4.87. The Kier molecular flexibility index (Phi) is 3.90. The van der Waals surface area contributed by atoms with E-state index in [0.29, 0.717) is 17.6 Å². The molecule has 0 N–H and O–H groups in total. The van der Waals surface area contributed by atoms with Crippen molar-refractivity contribution in [1.29, 1.82) is 0 Å². The van der Waals surface area contributed by atoms with E-state index in [-0.39, 0.29) is 6.04 Å². The number of nitrogens with zero attached hydrogens (tertiary/aromatic N) is 3. The second kappa shape index (κ2) is 6.21. The summed E-state index contributed by atoms with van der Waals surface area (Å²) in [4.78, 5) is 6.84. The first kappa shape index (κ1) is 15.1. The molecule has 1 aromatic heterocycles. The Morgan fingerprint density at radius 3 is 2.58 bits per heavy atom. The average Bonchev–Trinajstić information content (AvgIpc) is 3.07. The minimum atomic E-state index is 0.103. The summed E-state index contributed by atoms with van der Waals surface area (Å²) < 4.78 is 5.41. The number of rotatable bonds is 3. The van der Waals surface area contributed by atoms with E-state index in [1.54, 1.807) is 0 Å². The lowest BCUT2D eigenvalue weighted by Crippen LogP contribution is -2.36. The van der Waals surface area contributed by atoms with E-state index in [2.05, 4.69) is 76.6 Å². The van der Waals surface area contributed by atoms with Crippen molar-refractivity contribution in [1.82, 2.24) is 15.0 Å². The van der Waals surface area contributed by atoms with Gasteiger partial charge in [0.05, 0.1) is 6.04 Å². The van der Waals surface area contributed by atoms with Crippen LogP contribution in [-0.4, -0.2) is 21.6 Å². The van der Waals surface area contributed by atoms with Crippen LogP contribution in [-0.2, 0) is 6.54 Å². The second-order valence-corrected chi connectivity index (χ2v) is 6.45. The number of aryl methyl sites for hydroxylation is 1. The molecule has 0 saturated heterocycles. The largest absolute Gasteiger partial charge is 0.338 e. The van der Waals surface area contributed by atoms with Gasteiger partial charge in [-0.05, 0) is 30.5 Å². The van der Waals surface area contributed by atoms with Gasteiger partial charge >= 0.3 is 0 Å². The van der Waals surface area contributed by atoms with Crippen molar-refractivity contribution in [2.75, 3.05) is 6.54 Å². The van der Waals surface area contributed by atoms with Gasteiger partial charge in [-0.1, -0.05) is 59.8 Å². The van der Waals surface area contributed by atoms with Crippen LogP contribution in [0.15, 0.2) is 59.1 Å². The average molecular weight is 319 g/mol. The predicted octanol–water partition coefficient (Wildman–Crippen LogP) is 4.09. The van der Waals surface area contributed by atoms with Crippen LogP contribution in [0.25, 0.3) is 0 Å². The van der Waals surface area contributed by atoms with Crippen LogP contribution in [0, 0.1) is 6.92 Å². The van der Waals surface area contributed by atoms with E-state index < -0.39 is 0 Å². The molecule has 0 radical (unpaired) electrons. The number of benzene rings is 2. The smallest absolute Gasteiger partial charge is 0.243 e. The third kappa shape index (κ3) is 2.74. The van der Waals surface area contributed by atoms with E-state index in [1.165, 1.54) is 16.7 Å². The molecule has 24 heavy (non-hydrogen) atoms. The molecule has 0 aliphatic carbocycles. The molecule has 0 fully saturated rings. The van der Waals surface area contributed by atoms with Crippen LogP contribution in [0.5, 0.6) is 0 Å². The number of hydrogen-bond acceptors (Lipinski definition) is 4. The molecule has 2 atom stereocenters. The van der Waals surface area contributed by atoms with E-state index in [9.17, 15) is 0 Å². The van der Waals surface area contributed by atoms with E-state index in [1.807, 2.05) is 6.92 Å². The van der Waals surface area contributed by atoms with Crippen molar-refractivity contribution in [3.63, 3.8) is 0 Å². The Balaban J connectivity index is 1.70. The summed E-state index contributed by atoms with van der Waals surface area (Å²) in [5, 5.41) is 3.94. The van der Waals surface area contributed by atoms with Crippen molar-refractivity contribution >= 4 is 0 Å². The standard InChI is InChI=1S/C20H21N3O/c1-14(20-21-15(2)22-24-20)23-12-17-10-6-7-11-18(17)19(13-23)16-8-4-3-5-9-16/h3-11,14,19H,12-13H2,1-2H3/t14-,19-/m0/s1. The Hall–Kier alpha value is -2.46. The fourth-order valence-electron chi connectivity index (χ4n) is 3.54. The van der Waals surface area contributed by atoms with Gasteiger partial charge in [-0.15, -0.1) is 0 Å². The summed E-state index contributed by atoms with van der Waals surface area (Å²) in [6.07, 6.45) is 0. The summed E-state index contributed by atoms with van der Waals surface area (Å²) in [6.45, 7) is 5.85. The maximum Gasteiger partial charge on any atom is 0.243 e. The van der Waals surface area contributed by atoms with Crippen LogP contribution < -0.4 is 0 Å². The number of aromatic nitrogens is 2. The van der Waals surface area contributed by atoms with Crippen LogP contribution in [0.3, 0.4) is 0 Å². The van der Waals surface area contributed by atoms with E-state index in [0.717, 1.165) is 13.1 Å². The first-order valence-electron chi connectivity index (χ1n) is 8.39. The summed E-state index contributed by atoms with van der Waals surface area (Å²) in [5.74, 6) is 1.75. The Labute approximate surface area is 142 Å². The lowest BCUT2D eigenvalue weighted by atomic mass is 9.84. The highest BCUT2D eigenvalue weighted by Crippen LogP contribution is 2.36. The topological polar surface area (TPSA) is 42.2 Å². The van der Waals surface area contributed by atoms with Crippen LogP contribution in [0.2, 0.25) is 0 Å². The molecule has 4 rings (SSSR count). The summed E-state index contributed by atoms with van der Waals surface area (Å²) in [6, 6.07) is 19.6. The molecular weight excluding hydrogens is 298 g/mol. The summed E-state index contributed by atoms with van der Waals surface area (Å²) in [7, 11) is 0. The summed E-state index contributed by atoms with van der Waals surface area (Å²) >= 11 is 0. The zero-order valence-electron chi connectivity index (χ0n) is 14.0. The quantitative estimate of drug-likeness (QED) is 0.729. The van der Waals surface area contributed by atoms with Crippen molar-refractivity contribution in [3.05, 3.63) is 83.0 Å². The molecule has 4 nitrogen and oxygen atoms in total. The molecular formula is C20H21N3O.